The van der Waals surface area contributed by atoms with Crippen molar-refractivity contribution in [3.8, 4) is 28.6 Å². The predicted octanol–water partition coefficient (Wildman–Crippen LogP) is 6.09. The summed E-state index contributed by atoms with van der Waals surface area (Å²) < 4.78 is 18.7. The third-order valence-electron chi connectivity index (χ3n) is 7.40. The number of fused-ring (bicyclic) bond motifs is 1. The summed E-state index contributed by atoms with van der Waals surface area (Å²) in [6.45, 7) is 0.798. The van der Waals surface area contributed by atoms with E-state index in [0.29, 0.717) is 29.6 Å². The number of benzene rings is 3. The predicted molar refractivity (Wildman–Crippen MR) is 149 cm³/mol. The molecule has 1 heterocycles. The molecule has 7 nitrogen and oxygen atoms in total. The minimum absolute atomic E-state index is 0.0950. The Bertz CT molecular complexity index is 1370. The van der Waals surface area contributed by atoms with E-state index in [9.17, 15) is 4.79 Å². The van der Waals surface area contributed by atoms with Crippen molar-refractivity contribution in [3.63, 3.8) is 0 Å². The molecule has 198 valence electrons. The van der Waals surface area contributed by atoms with Crippen LogP contribution in [0.3, 0.4) is 0 Å². The highest BCUT2D eigenvalue weighted by Crippen LogP contribution is 2.41. The molecule has 5 rings (SSSR count). The zero-order valence-electron chi connectivity index (χ0n) is 22.4. The Balaban J connectivity index is 1.56. The summed E-state index contributed by atoms with van der Waals surface area (Å²) in [5.41, 5.74) is 3.67. The van der Waals surface area contributed by atoms with E-state index in [0.717, 1.165) is 47.8 Å². The molecule has 7 heteroatoms. The van der Waals surface area contributed by atoms with Crippen LogP contribution < -0.4 is 14.2 Å². The summed E-state index contributed by atoms with van der Waals surface area (Å²) in [4.78, 5) is 21.1. The van der Waals surface area contributed by atoms with E-state index < -0.39 is 0 Å². The molecular weight excluding hydrogens is 478 g/mol. The zero-order chi connectivity index (χ0) is 26.5. The Labute approximate surface area is 224 Å². The van der Waals surface area contributed by atoms with Crippen LogP contribution in [0.5, 0.6) is 17.2 Å². The van der Waals surface area contributed by atoms with Gasteiger partial charge in [-0.05, 0) is 42.7 Å². The van der Waals surface area contributed by atoms with Crippen LogP contribution in [0.15, 0.2) is 66.7 Å². The van der Waals surface area contributed by atoms with Gasteiger partial charge in [0.1, 0.15) is 12.4 Å². The molecule has 0 bridgehead atoms. The van der Waals surface area contributed by atoms with Gasteiger partial charge < -0.3 is 23.7 Å². The van der Waals surface area contributed by atoms with Crippen molar-refractivity contribution in [2.24, 2.45) is 0 Å². The summed E-state index contributed by atoms with van der Waals surface area (Å²) in [5, 5.41) is 0. The minimum Gasteiger partial charge on any atom is -0.493 e. The smallest absolute Gasteiger partial charge is 0.243 e. The SMILES string of the molecule is COc1cc(-c2nc3ccccc3n2CC(=O)N(Cc2ccccc2)C2CCCCC2)cc(OC)c1OC. The van der Waals surface area contributed by atoms with Gasteiger partial charge in [0.2, 0.25) is 11.7 Å². The number of amides is 1. The van der Waals surface area contributed by atoms with Crippen molar-refractivity contribution < 1.29 is 19.0 Å². The van der Waals surface area contributed by atoms with Gasteiger partial charge in [-0.15, -0.1) is 0 Å². The lowest BCUT2D eigenvalue weighted by Gasteiger charge is -2.35. The molecule has 0 saturated heterocycles. The summed E-state index contributed by atoms with van der Waals surface area (Å²) in [7, 11) is 4.78. The molecule has 0 spiro atoms. The number of ether oxygens (including phenoxy) is 3. The monoisotopic (exact) mass is 513 g/mol. The van der Waals surface area contributed by atoms with Crippen LogP contribution >= 0.6 is 0 Å². The topological polar surface area (TPSA) is 65.8 Å². The van der Waals surface area contributed by atoms with Gasteiger partial charge in [-0.1, -0.05) is 61.7 Å². The average molecular weight is 514 g/mol. The van der Waals surface area contributed by atoms with Gasteiger partial charge in [-0.2, -0.15) is 0 Å². The van der Waals surface area contributed by atoms with Crippen molar-refractivity contribution in [3.05, 3.63) is 72.3 Å². The normalized spacial score (nSPS) is 13.9. The molecule has 0 unspecified atom stereocenters. The van der Waals surface area contributed by atoms with Gasteiger partial charge in [0.05, 0.1) is 32.4 Å². The number of hydrogen-bond donors (Lipinski definition) is 0. The van der Waals surface area contributed by atoms with E-state index in [-0.39, 0.29) is 18.5 Å². The number of rotatable bonds is 9. The molecule has 1 fully saturated rings. The number of para-hydroxylation sites is 2. The van der Waals surface area contributed by atoms with Crippen molar-refractivity contribution in [2.75, 3.05) is 21.3 Å². The van der Waals surface area contributed by atoms with Gasteiger partial charge in [-0.25, -0.2) is 4.98 Å². The largest absolute Gasteiger partial charge is 0.493 e. The first kappa shape index (κ1) is 25.6. The second-order valence-electron chi connectivity index (χ2n) is 9.72. The van der Waals surface area contributed by atoms with Gasteiger partial charge in [0.15, 0.2) is 11.5 Å². The van der Waals surface area contributed by atoms with Crippen LogP contribution in [0.25, 0.3) is 22.4 Å². The van der Waals surface area contributed by atoms with E-state index in [1.54, 1.807) is 21.3 Å². The quantitative estimate of drug-likeness (QED) is 0.271. The van der Waals surface area contributed by atoms with Crippen LogP contribution in [0, 0.1) is 0 Å². The fourth-order valence-electron chi connectivity index (χ4n) is 5.49. The first-order chi connectivity index (χ1) is 18.6. The van der Waals surface area contributed by atoms with Crippen LogP contribution in [0.1, 0.15) is 37.7 Å². The second-order valence-corrected chi connectivity index (χ2v) is 9.72. The average Bonchev–Trinajstić information content (AvgIpc) is 3.34. The highest BCUT2D eigenvalue weighted by atomic mass is 16.5. The zero-order valence-corrected chi connectivity index (χ0v) is 22.4. The Morgan fingerprint density at radius 3 is 2.21 bits per heavy atom. The molecular formula is C31H35N3O4. The molecule has 3 aromatic carbocycles. The maximum absolute atomic E-state index is 14.1. The molecule has 1 amide bonds. The number of carbonyl (C=O) groups is 1. The summed E-state index contributed by atoms with van der Waals surface area (Å²) in [6, 6.07) is 22.2. The number of hydrogen-bond acceptors (Lipinski definition) is 5. The number of imidazole rings is 1. The Kier molecular flexibility index (Phi) is 7.82. The van der Waals surface area contributed by atoms with E-state index in [1.165, 1.54) is 6.42 Å². The highest BCUT2D eigenvalue weighted by Gasteiger charge is 2.27. The molecule has 4 aromatic rings. The summed E-state index contributed by atoms with van der Waals surface area (Å²) in [5.74, 6) is 2.38. The van der Waals surface area contributed by atoms with Crippen LogP contribution in [-0.4, -0.2) is 47.7 Å². The van der Waals surface area contributed by atoms with Gasteiger partial charge >= 0.3 is 0 Å². The van der Waals surface area contributed by atoms with Gasteiger partial charge in [-0.3, -0.25) is 4.79 Å². The molecule has 1 aromatic heterocycles. The van der Waals surface area contributed by atoms with Gasteiger partial charge in [0.25, 0.3) is 0 Å². The molecule has 0 aliphatic heterocycles. The van der Waals surface area contributed by atoms with E-state index in [4.69, 9.17) is 19.2 Å². The fourth-order valence-corrected chi connectivity index (χ4v) is 5.49. The lowest BCUT2D eigenvalue weighted by Crippen LogP contribution is -2.42. The van der Waals surface area contributed by atoms with Crippen LogP contribution in [-0.2, 0) is 17.9 Å². The summed E-state index contributed by atoms with van der Waals surface area (Å²) >= 11 is 0. The Morgan fingerprint density at radius 2 is 1.55 bits per heavy atom. The molecule has 0 radical (unpaired) electrons. The fraction of sp³-hybridized carbons (Fsp3) is 0.355. The number of nitrogens with zero attached hydrogens (tertiary/aromatic N) is 3. The Hall–Kier alpha value is -4.00. The molecule has 38 heavy (non-hydrogen) atoms. The molecule has 0 N–H and O–H groups in total. The third kappa shape index (κ3) is 5.19. The maximum Gasteiger partial charge on any atom is 0.243 e. The number of methoxy groups -OCH3 is 3. The summed E-state index contributed by atoms with van der Waals surface area (Å²) in [6.07, 6.45) is 5.65. The first-order valence-corrected chi connectivity index (χ1v) is 13.2. The molecule has 1 aliphatic rings. The van der Waals surface area contributed by atoms with E-state index in [1.807, 2.05) is 59.2 Å². The number of aromatic nitrogens is 2. The van der Waals surface area contributed by atoms with Gasteiger partial charge in [0, 0.05) is 18.2 Å². The van der Waals surface area contributed by atoms with Crippen molar-refractivity contribution >= 4 is 16.9 Å². The van der Waals surface area contributed by atoms with Crippen molar-refractivity contribution in [1.29, 1.82) is 0 Å². The molecule has 1 saturated carbocycles. The molecule has 0 atom stereocenters. The van der Waals surface area contributed by atoms with E-state index in [2.05, 4.69) is 17.0 Å². The highest BCUT2D eigenvalue weighted by molar-refractivity contribution is 5.85. The van der Waals surface area contributed by atoms with Crippen molar-refractivity contribution in [1.82, 2.24) is 14.5 Å². The second kappa shape index (κ2) is 11.6. The standard InChI is InChI=1S/C31H35N3O4/c1-36-27-18-23(19-28(37-2)30(27)38-3)31-32-25-16-10-11-17-26(25)34(31)21-29(35)33(24-14-8-5-9-15-24)20-22-12-6-4-7-13-22/h4,6-7,10-13,16-19,24H,5,8-9,14-15,20-21H2,1-3H3. The maximum atomic E-state index is 14.1. The third-order valence-corrected chi connectivity index (χ3v) is 7.40. The van der Waals surface area contributed by atoms with Crippen molar-refractivity contribution in [2.45, 2.75) is 51.2 Å². The number of carbonyl (C=O) groups excluding carboxylic acids is 1. The lowest BCUT2D eigenvalue weighted by atomic mass is 9.93. The van der Waals surface area contributed by atoms with Crippen LogP contribution in [0.4, 0.5) is 0 Å². The Morgan fingerprint density at radius 1 is 0.895 bits per heavy atom. The van der Waals surface area contributed by atoms with E-state index >= 15 is 0 Å². The lowest BCUT2D eigenvalue weighted by molar-refractivity contribution is -0.135. The first-order valence-electron chi connectivity index (χ1n) is 13.2. The van der Waals surface area contributed by atoms with Crippen LogP contribution in [0.2, 0.25) is 0 Å². The minimum atomic E-state index is 0.0950. The molecule has 1 aliphatic carbocycles.